The molecule has 0 atom stereocenters. The molecule has 0 aliphatic carbocycles. The van der Waals surface area contributed by atoms with E-state index < -0.39 is 0 Å². The maximum atomic E-state index is 2.36. The maximum Gasteiger partial charge on any atom is 0.0367 e. The lowest BCUT2D eigenvalue weighted by Gasteiger charge is -2.17. The molecule has 0 unspecified atom stereocenters. The number of anilines is 1. The fourth-order valence-corrected chi connectivity index (χ4v) is 2.47. The summed E-state index contributed by atoms with van der Waals surface area (Å²) < 4.78 is 0. The van der Waals surface area contributed by atoms with Gasteiger partial charge in [0.05, 0.1) is 0 Å². The van der Waals surface area contributed by atoms with Crippen LogP contribution in [0.1, 0.15) is 50.7 Å². The van der Waals surface area contributed by atoms with Crippen LogP contribution < -0.4 is 4.90 Å². The Morgan fingerprint density at radius 3 is 1.76 bits per heavy atom. The van der Waals surface area contributed by atoms with Crippen LogP contribution in [0.3, 0.4) is 0 Å². The highest BCUT2D eigenvalue weighted by Gasteiger charge is 2.09. The molecule has 0 saturated heterocycles. The molecule has 0 N–H and O–H groups in total. The van der Waals surface area contributed by atoms with Gasteiger partial charge >= 0.3 is 0 Å². The molecular formula is C20H27N. The summed E-state index contributed by atoms with van der Waals surface area (Å²) in [5.74, 6) is 1.11. The van der Waals surface area contributed by atoms with Crippen molar-refractivity contribution in [2.45, 2.75) is 39.5 Å². The molecule has 0 aliphatic heterocycles. The highest BCUT2D eigenvalue weighted by Crippen LogP contribution is 2.30. The lowest BCUT2D eigenvalue weighted by Crippen LogP contribution is -2.08. The molecule has 0 spiro atoms. The molecule has 0 fully saturated rings. The third-order valence-electron chi connectivity index (χ3n) is 4.01. The summed E-state index contributed by atoms with van der Waals surface area (Å²) in [5, 5.41) is 0. The monoisotopic (exact) mass is 281 g/mol. The van der Waals surface area contributed by atoms with E-state index in [1.807, 2.05) is 0 Å². The molecule has 2 aromatic carbocycles. The van der Waals surface area contributed by atoms with Crippen LogP contribution in [0, 0.1) is 0 Å². The number of hydrogen-bond acceptors (Lipinski definition) is 1. The lowest BCUT2D eigenvalue weighted by molar-refractivity contribution is 0.834. The third kappa shape index (κ3) is 3.66. The Morgan fingerprint density at radius 2 is 1.29 bits per heavy atom. The number of benzene rings is 2. The van der Waals surface area contributed by atoms with Gasteiger partial charge < -0.3 is 4.90 Å². The van der Waals surface area contributed by atoms with Crippen LogP contribution in [0.5, 0.6) is 0 Å². The van der Waals surface area contributed by atoms with Crippen LogP contribution in [0.2, 0.25) is 0 Å². The summed E-state index contributed by atoms with van der Waals surface area (Å²) in [6.45, 7) is 9.05. The maximum absolute atomic E-state index is 2.36. The van der Waals surface area contributed by atoms with Gasteiger partial charge in [-0.1, -0.05) is 58.0 Å². The Kier molecular flexibility index (Phi) is 4.72. The fourth-order valence-electron chi connectivity index (χ4n) is 2.47. The van der Waals surface area contributed by atoms with Gasteiger partial charge in [-0.25, -0.2) is 0 Å². The minimum atomic E-state index is 0.555. The van der Waals surface area contributed by atoms with Crippen LogP contribution in [0.4, 0.5) is 5.69 Å². The molecule has 0 saturated carbocycles. The highest BCUT2D eigenvalue weighted by molar-refractivity contribution is 5.70. The second-order valence-corrected chi connectivity index (χ2v) is 6.64. The first-order chi connectivity index (χ1) is 9.88. The molecule has 0 aliphatic rings. The zero-order chi connectivity index (χ0) is 15.6. The largest absolute Gasteiger partial charge is 0.378 e. The zero-order valence-electron chi connectivity index (χ0n) is 14.1. The van der Waals surface area contributed by atoms with Crippen LogP contribution in [0.25, 0.3) is 11.1 Å². The van der Waals surface area contributed by atoms with E-state index in [4.69, 9.17) is 0 Å². The highest BCUT2D eigenvalue weighted by atomic mass is 15.1. The molecule has 0 bridgehead atoms. The van der Waals surface area contributed by atoms with Gasteiger partial charge in [0, 0.05) is 19.8 Å². The normalized spacial score (nSPS) is 11.2. The predicted octanol–water partition coefficient (Wildman–Crippen LogP) is 5.67. The van der Waals surface area contributed by atoms with Crippen molar-refractivity contribution in [3.05, 3.63) is 53.6 Å². The molecule has 2 aromatic rings. The molecule has 0 radical (unpaired) electrons. The Hall–Kier alpha value is -1.76. The van der Waals surface area contributed by atoms with E-state index in [2.05, 4.69) is 89.2 Å². The van der Waals surface area contributed by atoms with Gasteiger partial charge in [-0.2, -0.15) is 0 Å². The summed E-state index contributed by atoms with van der Waals surface area (Å²) in [6.07, 6.45) is 0. The average Bonchev–Trinajstić information content (AvgIpc) is 2.46. The molecule has 2 rings (SSSR count). The first-order valence-corrected chi connectivity index (χ1v) is 7.81. The van der Waals surface area contributed by atoms with Crippen molar-refractivity contribution in [1.29, 1.82) is 0 Å². The van der Waals surface area contributed by atoms with E-state index in [0.29, 0.717) is 11.8 Å². The van der Waals surface area contributed by atoms with Crippen molar-refractivity contribution >= 4 is 5.69 Å². The Labute approximate surface area is 129 Å². The standard InChI is InChI=1S/C20H27N/c1-14(2)17-10-18(15(3)4)12-19(11-17)16-8-7-9-20(13-16)21(5)6/h7-15H,1-6H3. The summed E-state index contributed by atoms with van der Waals surface area (Å²) in [4.78, 5) is 2.15. The fraction of sp³-hybridized carbons (Fsp3) is 0.400. The van der Waals surface area contributed by atoms with Crippen LogP contribution in [-0.4, -0.2) is 14.1 Å². The average molecular weight is 281 g/mol. The second kappa shape index (κ2) is 6.34. The molecule has 0 aromatic heterocycles. The van der Waals surface area contributed by atoms with Crippen molar-refractivity contribution < 1.29 is 0 Å². The van der Waals surface area contributed by atoms with Gasteiger partial charge in [-0.05, 0) is 46.2 Å². The van der Waals surface area contributed by atoms with Crippen molar-refractivity contribution in [3.8, 4) is 11.1 Å². The lowest BCUT2D eigenvalue weighted by atomic mass is 9.91. The summed E-state index contributed by atoms with van der Waals surface area (Å²) in [7, 11) is 4.17. The summed E-state index contributed by atoms with van der Waals surface area (Å²) in [5.41, 5.74) is 6.71. The van der Waals surface area contributed by atoms with Crippen molar-refractivity contribution in [3.63, 3.8) is 0 Å². The van der Waals surface area contributed by atoms with Crippen LogP contribution in [0.15, 0.2) is 42.5 Å². The first kappa shape index (κ1) is 15.6. The molecule has 112 valence electrons. The first-order valence-electron chi connectivity index (χ1n) is 7.81. The Bertz CT molecular complexity index is 583. The van der Waals surface area contributed by atoms with Gasteiger partial charge in [-0.15, -0.1) is 0 Å². The summed E-state index contributed by atoms with van der Waals surface area (Å²) in [6, 6.07) is 15.8. The number of hydrogen-bond donors (Lipinski definition) is 0. The molecule has 1 heteroatoms. The molecule has 0 amide bonds. The Morgan fingerprint density at radius 1 is 0.714 bits per heavy atom. The summed E-state index contributed by atoms with van der Waals surface area (Å²) >= 11 is 0. The molecular weight excluding hydrogens is 254 g/mol. The van der Waals surface area contributed by atoms with E-state index >= 15 is 0 Å². The van der Waals surface area contributed by atoms with Crippen molar-refractivity contribution in [1.82, 2.24) is 0 Å². The van der Waals surface area contributed by atoms with E-state index in [9.17, 15) is 0 Å². The van der Waals surface area contributed by atoms with E-state index in [0.717, 1.165) is 0 Å². The zero-order valence-corrected chi connectivity index (χ0v) is 14.1. The quantitative estimate of drug-likeness (QED) is 0.698. The molecule has 1 nitrogen and oxygen atoms in total. The Balaban J connectivity index is 2.54. The number of rotatable bonds is 4. The van der Waals surface area contributed by atoms with E-state index in [1.165, 1.54) is 27.9 Å². The van der Waals surface area contributed by atoms with Gasteiger partial charge in [0.1, 0.15) is 0 Å². The third-order valence-corrected chi connectivity index (χ3v) is 4.01. The second-order valence-electron chi connectivity index (χ2n) is 6.64. The van der Waals surface area contributed by atoms with Gasteiger partial charge in [0.15, 0.2) is 0 Å². The number of nitrogens with zero attached hydrogens (tertiary/aromatic N) is 1. The van der Waals surface area contributed by atoms with E-state index in [-0.39, 0.29) is 0 Å². The molecule has 0 heterocycles. The minimum absolute atomic E-state index is 0.555. The SMILES string of the molecule is CC(C)c1cc(-c2cccc(N(C)C)c2)cc(C(C)C)c1. The van der Waals surface area contributed by atoms with Crippen LogP contribution in [-0.2, 0) is 0 Å². The molecule has 21 heavy (non-hydrogen) atoms. The van der Waals surface area contributed by atoms with Crippen LogP contribution >= 0.6 is 0 Å². The predicted molar refractivity (Wildman–Crippen MR) is 94.4 cm³/mol. The van der Waals surface area contributed by atoms with Crippen molar-refractivity contribution in [2.24, 2.45) is 0 Å². The van der Waals surface area contributed by atoms with Crippen molar-refractivity contribution in [2.75, 3.05) is 19.0 Å². The van der Waals surface area contributed by atoms with Gasteiger partial charge in [0.25, 0.3) is 0 Å². The minimum Gasteiger partial charge on any atom is -0.378 e. The van der Waals surface area contributed by atoms with Gasteiger partial charge in [0.2, 0.25) is 0 Å². The smallest absolute Gasteiger partial charge is 0.0367 e. The van der Waals surface area contributed by atoms with Gasteiger partial charge in [-0.3, -0.25) is 0 Å². The topological polar surface area (TPSA) is 3.24 Å². The van der Waals surface area contributed by atoms with E-state index in [1.54, 1.807) is 0 Å².